The molecule has 0 fully saturated rings. The van der Waals surface area contributed by atoms with Crippen molar-refractivity contribution < 1.29 is 32.8 Å². The molecule has 0 radical (unpaired) electrons. The molecule has 0 aliphatic rings. The third-order valence-electron chi connectivity index (χ3n) is 6.95. The van der Waals surface area contributed by atoms with E-state index in [-0.39, 0.29) is 38.8 Å². The largest absolute Gasteiger partial charge is 0.472 e. The number of carbonyl (C=O) groups excluding carboxylic acids is 1. The summed E-state index contributed by atoms with van der Waals surface area (Å²) in [6.07, 6.45) is 39.5. The van der Waals surface area contributed by atoms with Gasteiger partial charge in [0.2, 0.25) is 0 Å². The van der Waals surface area contributed by atoms with Crippen LogP contribution in [0.4, 0.5) is 0 Å². The highest BCUT2D eigenvalue weighted by atomic mass is 31.2. The lowest BCUT2D eigenvalue weighted by Crippen LogP contribution is -2.28. The minimum atomic E-state index is -4.27. The number of phosphoric ester groups is 1. The Morgan fingerprint density at radius 3 is 1.80 bits per heavy atom. The van der Waals surface area contributed by atoms with Crippen LogP contribution < -0.4 is 5.73 Å². The molecule has 266 valence electrons. The molecule has 0 bridgehead atoms. The van der Waals surface area contributed by atoms with E-state index in [1.807, 2.05) is 0 Å². The fraction of sp³-hybridized carbons (Fsp3) is 0.703. The van der Waals surface area contributed by atoms with Gasteiger partial charge in [0, 0.05) is 19.6 Å². The number of hydrogen-bond acceptors (Lipinski definition) is 7. The van der Waals surface area contributed by atoms with Gasteiger partial charge in [0.1, 0.15) is 6.10 Å². The molecule has 8 nitrogen and oxygen atoms in total. The molecule has 9 heteroatoms. The molecule has 0 aliphatic heterocycles. The van der Waals surface area contributed by atoms with E-state index in [1.54, 1.807) is 0 Å². The molecule has 0 aromatic rings. The topological polar surface area (TPSA) is 117 Å². The first-order chi connectivity index (χ1) is 22.4. The molecule has 0 rings (SSSR count). The molecule has 0 spiro atoms. The Morgan fingerprint density at radius 2 is 1.22 bits per heavy atom. The van der Waals surface area contributed by atoms with Crippen molar-refractivity contribution in [1.29, 1.82) is 0 Å². The Morgan fingerprint density at radius 1 is 0.674 bits per heavy atom. The molecule has 0 heterocycles. The van der Waals surface area contributed by atoms with Crippen LogP contribution in [0.15, 0.2) is 60.8 Å². The maximum Gasteiger partial charge on any atom is 0.472 e. The number of allylic oxidation sites excluding steroid dienone is 10. The van der Waals surface area contributed by atoms with Crippen LogP contribution in [-0.2, 0) is 27.9 Å². The van der Waals surface area contributed by atoms with Gasteiger partial charge < -0.3 is 20.1 Å². The smallest absolute Gasteiger partial charge is 0.457 e. The maximum atomic E-state index is 12.5. The van der Waals surface area contributed by atoms with Gasteiger partial charge in [-0.25, -0.2) is 4.57 Å². The van der Waals surface area contributed by atoms with Crippen molar-refractivity contribution in [3.8, 4) is 0 Å². The van der Waals surface area contributed by atoms with Crippen molar-refractivity contribution in [2.24, 2.45) is 5.73 Å². The van der Waals surface area contributed by atoms with E-state index in [9.17, 15) is 14.3 Å². The van der Waals surface area contributed by atoms with E-state index in [2.05, 4.69) is 74.6 Å². The molecular formula is C37H66NO7P. The molecule has 2 atom stereocenters. The molecule has 0 saturated heterocycles. The lowest BCUT2D eigenvalue weighted by Gasteiger charge is -2.20. The van der Waals surface area contributed by atoms with Gasteiger partial charge in [0.05, 0.1) is 19.8 Å². The highest BCUT2D eigenvalue weighted by molar-refractivity contribution is 7.47. The predicted molar refractivity (Wildman–Crippen MR) is 192 cm³/mol. The standard InChI is InChI=1S/C37H66NO7P/c1-3-5-7-9-11-13-14-15-16-17-18-19-20-21-22-23-24-26-28-30-37(39)45-36(35-44-46(40,41)43-33-31-38)34-42-32-29-27-25-12-10-8-6-4-2/h5,7,11,13,15-16,18-19,21-22,36H,3-4,6,8-10,12,14,17,20,23-35,38H2,1-2H3,(H,40,41)/b7-5-,13-11-,16-15-,19-18-,22-21-. The lowest BCUT2D eigenvalue weighted by atomic mass is 10.1. The summed E-state index contributed by atoms with van der Waals surface area (Å²) in [4.78, 5) is 22.3. The molecule has 0 saturated carbocycles. The molecule has 0 aromatic carbocycles. The second-order valence-electron chi connectivity index (χ2n) is 11.4. The lowest BCUT2D eigenvalue weighted by molar-refractivity contribution is -0.154. The first-order valence-corrected chi connectivity index (χ1v) is 19.3. The number of ether oxygens (including phenoxy) is 2. The van der Waals surface area contributed by atoms with Gasteiger partial charge >= 0.3 is 13.8 Å². The van der Waals surface area contributed by atoms with E-state index in [0.29, 0.717) is 13.0 Å². The van der Waals surface area contributed by atoms with E-state index in [4.69, 9.17) is 24.3 Å². The summed E-state index contributed by atoms with van der Waals surface area (Å²) >= 11 is 0. The molecule has 0 aromatic heterocycles. The summed E-state index contributed by atoms with van der Waals surface area (Å²) in [5.41, 5.74) is 5.33. The average molecular weight is 668 g/mol. The van der Waals surface area contributed by atoms with Gasteiger partial charge in [-0.05, 0) is 57.8 Å². The van der Waals surface area contributed by atoms with Crippen molar-refractivity contribution in [2.45, 2.75) is 136 Å². The van der Waals surface area contributed by atoms with Crippen LogP contribution in [-0.4, -0.2) is 49.9 Å². The summed E-state index contributed by atoms with van der Waals surface area (Å²) in [7, 11) is -4.27. The fourth-order valence-corrected chi connectivity index (χ4v) is 5.14. The zero-order valence-electron chi connectivity index (χ0n) is 29.0. The van der Waals surface area contributed by atoms with Gasteiger partial charge in [-0.1, -0.05) is 126 Å². The number of phosphoric acid groups is 1. The fourth-order valence-electron chi connectivity index (χ4n) is 4.37. The van der Waals surface area contributed by atoms with Gasteiger partial charge in [0.25, 0.3) is 0 Å². The van der Waals surface area contributed by atoms with Gasteiger partial charge in [-0.3, -0.25) is 13.8 Å². The van der Waals surface area contributed by atoms with Gasteiger partial charge in [-0.15, -0.1) is 0 Å². The minimum Gasteiger partial charge on any atom is -0.457 e. The van der Waals surface area contributed by atoms with E-state index < -0.39 is 13.9 Å². The molecular weight excluding hydrogens is 601 g/mol. The van der Waals surface area contributed by atoms with Crippen LogP contribution in [0.3, 0.4) is 0 Å². The zero-order valence-corrected chi connectivity index (χ0v) is 29.9. The van der Waals surface area contributed by atoms with Crippen molar-refractivity contribution in [3.05, 3.63) is 60.8 Å². The van der Waals surface area contributed by atoms with E-state index >= 15 is 0 Å². The summed E-state index contributed by atoms with van der Waals surface area (Å²) < 4.78 is 33.1. The van der Waals surface area contributed by atoms with Crippen molar-refractivity contribution in [1.82, 2.24) is 0 Å². The Bertz CT molecular complexity index is 885. The normalized spacial score (nSPS) is 14.4. The highest BCUT2D eigenvalue weighted by Gasteiger charge is 2.25. The van der Waals surface area contributed by atoms with Crippen molar-refractivity contribution in [2.75, 3.05) is 33.0 Å². The van der Waals surface area contributed by atoms with Crippen LogP contribution in [0, 0.1) is 0 Å². The Kier molecular flexibility index (Phi) is 33.2. The van der Waals surface area contributed by atoms with Crippen LogP contribution >= 0.6 is 7.82 Å². The number of unbranched alkanes of at least 4 members (excludes halogenated alkanes) is 10. The second-order valence-corrected chi connectivity index (χ2v) is 12.8. The molecule has 3 N–H and O–H groups in total. The summed E-state index contributed by atoms with van der Waals surface area (Å²) in [6, 6.07) is 0. The second kappa shape index (κ2) is 34.5. The SMILES string of the molecule is CC/C=C\C/C=C\C/C=C\C/C=C\C/C=C\CCCCCC(=O)OC(COCCCCCCCCCC)COP(=O)(O)OCCN. The minimum absolute atomic E-state index is 0.0924. The number of esters is 1. The highest BCUT2D eigenvalue weighted by Crippen LogP contribution is 2.43. The quantitative estimate of drug-likeness (QED) is 0.0307. The third-order valence-corrected chi connectivity index (χ3v) is 7.93. The molecule has 2 unspecified atom stereocenters. The first-order valence-electron chi connectivity index (χ1n) is 17.8. The summed E-state index contributed by atoms with van der Waals surface area (Å²) in [5.74, 6) is -0.366. The van der Waals surface area contributed by atoms with E-state index in [1.165, 1.54) is 38.5 Å². The number of nitrogens with two attached hydrogens (primary N) is 1. The average Bonchev–Trinajstić information content (AvgIpc) is 3.04. The van der Waals surface area contributed by atoms with Crippen LogP contribution in [0.1, 0.15) is 129 Å². The van der Waals surface area contributed by atoms with Crippen molar-refractivity contribution >= 4 is 13.8 Å². The molecule has 0 amide bonds. The third kappa shape index (κ3) is 33.6. The number of hydrogen-bond donors (Lipinski definition) is 2. The Balaban J connectivity index is 4.17. The van der Waals surface area contributed by atoms with Crippen LogP contribution in [0.5, 0.6) is 0 Å². The monoisotopic (exact) mass is 667 g/mol. The Hall–Kier alpha value is -1.80. The zero-order chi connectivity index (χ0) is 33.8. The molecule has 46 heavy (non-hydrogen) atoms. The number of carbonyl (C=O) groups is 1. The van der Waals surface area contributed by atoms with Crippen LogP contribution in [0.2, 0.25) is 0 Å². The number of rotatable bonds is 33. The Labute approximate surface area is 281 Å². The van der Waals surface area contributed by atoms with Crippen molar-refractivity contribution in [3.63, 3.8) is 0 Å². The summed E-state index contributed by atoms with van der Waals surface area (Å²) in [6.45, 7) is 4.71. The first kappa shape index (κ1) is 44.2. The maximum absolute atomic E-state index is 12.5. The molecule has 0 aliphatic carbocycles. The van der Waals surface area contributed by atoms with Crippen LogP contribution in [0.25, 0.3) is 0 Å². The predicted octanol–water partition coefficient (Wildman–Crippen LogP) is 9.85. The van der Waals surface area contributed by atoms with Gasteiger partial charge in [0.15, 0.2) is 0 Å². The van der Waals surface area contributed by atoms with Gasteiger partial charge in [-0.2, -0.15) is 0 Å². The summed E-state index contributed by atoms with van der Waals surface area (Å²) in [5, 5.41) is 0. The van der Waals surface area contributed by atoms with E-state index in [0.717, 1.165) is 64.2 Å².